The Bertz CT molecular complexity index is 900. The molecule has 7 nitrogen and oxygen atoms in total. The van der Waals surface area contributed by atoms with E-state index in [0.29, 0.717) is 28.2 Å². The van der Waals surface area contributed by atoms with E-state index >= 15 is 0 Å². The molecule has 2 unspecified atom stereocenters. The average Bonchev–Trinajstić information content (AvgIpc) is 2.68. The van der Waals surface area contributed by atoms with Gasteiger partial charge in [0.15, 0.2) is 5.65 Å². The zero-order chi connectivity index (χ0) is 17.2. The first-order valence-corrected chi connectivity index (χ1v) is 9.22. The molecule has 9 heteroatoms. The summed E-state index contributed by atoms with van der Waals surface area (Å²) in [7, 11) is 2.13. The summed E-state index contributed by atoms with van der Waals surface area (Å²) in [6.07, 6.45) is 0. The molecule has 2 aromatic heterocycles. The van der Waals surface area contributed by atoms with Gasteiger partial charge in [0.1, 0.15) is 5.82 Å². The Balaban J connectivity index is 2.05. The predicted octanol–water partition coefficient (Wildman–Crippen LogP) is 1.89. The van der Waals surface area contributed by atoms with Gasteiger partial charge in [-0.25, -0.2) is 12.6 Å². The fourth-order valence-electron chi connectivity index (χ4n) is 3.51. The minimum Gasteiger partial charge on any atom is -0.381 e. The molecule has 4 heterocycles. The standard InChI is InChI=1S/C15H18ClIN6O/c1-7-5-22-9(6-21(7)3)4-18-12-10-13(22)20-15(24)23(17)14(10)19-8(2)11(12)16/h7,9,18H,4-6H2,1-3H3. The molecular weight excluding hydrogens is 443 g/mol. The molecule has 2 atom stereocenters. The molecule has 0 aromatic carbocycles. The number of nitrogens with zero attached hydrogens (tertiary/aromatic N) is 5. The number of pyridine rings is 1. The number of aromatic nitrogens is 3. The summed E-state index contributed by atoms with van der Waals surface area (Å²) >= 11 is 8.48. The highest BCUT2D eigenvalue weighted by atomic mass is 127. The fraction of sp³-hybridized carbons (Fsp3) is 0.533. The van der Waals surface area contributed by atoms with Crippen LogP contribution in [0.3, 0.4) is 0 Å². The lowest BCUT2D eigenvalue weighted by atomic mass is 10.1. The van der Waals surface area contributed by atoms with Crippen molar-refractivity contribution >= 4 is 57.0 Å². The third kappa shape index (κ3) is 2.30. The van der Waals surface area contributed by atoms with E-state index in [9.17, 15) is 4.79 Å². The summed E-state index contributed by atoms with van der Waals surface area (Å²) in [6, 6.07) is 0.616. The highest BCUT2D eigenvalue weighted by molar-refractivity contribution is 14.1. The Labute approximate surface area is 158 Å². The summed E-state index contributed by atoms with van der Waals surface area (Å²) in [4.78, 5) is 25.9. The largest absolute Gasteiger partial charge is 0.381 e. The first kappa shape index (κ1) is 16.3. The molecule has 0 aliphatic carbocycles. The monoisotopic (exact) mass is 460 g/mol. The van der Waals surface area contributed by atoms with Crippen molar-refractivity contribution in [3.8, 4) is 0 Å². The van der Waals surface area contributed by atoms with Crippen LogP contribution in [-0.2, 0) is 0 Å². The van der Waals surface area contributed by atoms with Crippen molar-refractivity contribution in [1.29, 1.82) is 0 Å². The molecule has 2 aliphatic heterocycles. The second-order valence-corrected chi connectivity index (χ2v) is 7.90. The molecule has 1 fully saturated rings. The van der Waals surface area contributed by atoms with E-state index in [1.165, 1.54) is 2.78 Å². The first-order valence-electron chi connectivity index (χ1n) is 7.88. The van der Waals surface area contributed by atoms with Gasteiger partial charge in [-0.3, -0.25) is 4.90 Å². The van der Waals surface area contributed by atoms with Gasteiger partial charge in [0.05, 0.1) is 50.7 Å². The number of anilines is 2. The van der Waals surface area contributed by atoms with E-state index in [0.717, 1.165) is 30.7 Å². The lowest BCUT2D eigenvalue weighted by Crippen LogP contribution is -2.58. The van der Waals surface area contributed by atoms with Crippen molar-refractivity contribution in [2.75, 3.05) is 36.9 Å². The number of aryl methyl sites for hydroxylation is 1. The summed E-state index contributed by atoms with van der Waals surface area (Å²) in [5, 5.41) is 4.91. The Morgan fingerprint density at radius 1 is 1.33 bits per heavy atom. The van der Waals surface area contributed by atoms with E-state index in [-0.39, 0.29) is 11.7 Å². The number of piperazine rings is 1. The molecule has 0 amide bonds. The van der Waals surface area contributed by atoms with Gasteiger partial charge in [-0.1, -0.05) is 11.6 Å². The Hall–Kier alpha value is -1.13. The van der Waals surface area contributed by atoms with E-state index < -0.39 is 0 Å². The zero-order valence-corrected chi connectivity index (χ0v) is 16.6. The lowest BCUT2D eigenvalue weighted by molar-refractivity contribution is 0.203. The molecule has 1 N–H and O–H groups in total. The Kier molecular flexibility index (Phi) is 3.88. The van der Waals surface area contributed by atoms with Crippen LogP contribution < -0.4 is 15.9 Å². The molecule has 24 heavy (non-hydrogen) atoms. The summed E-state index contributed by atoms with van der Waals surface area (Å²) in [5.74, 6) is 0.697. The summed E-state index contributed by atoms with van der Waals surface area (Å²) in [6.45, 7) is 6.52. The fourth-order valence-corrected chi connectivity index (χ4v) is 4.17. The maximum Gasteiger partial charge on any atom is 0.360 e. The van der Waals surface area contributed by atoms with Gasteiger partial charge in [0, 0.05) is 25.7 Å². The van der Waals surface area contributed by atoms with Crippen molar-refractivity contribution in [1.82, 2.24) is 17.6 Å². The summed E-state index contributed by atoms with van der Waals surface area (Å²) < 4.78 is 1.46. The smallest absolute Gasteiger partial charge is 0.360 e. The SMILES string of the molecule is Cc1nc2c3c(nc(=O)n2I)N2CC(C)N(C)CC2CNc3c1Cl. The van der Waals surface area contributed by atoms with Crippen LogP contribution >= 0.6 is 34.5 Å². The number of likely N-dealkylation sites (N-methyl/N-ethyl adjacent to an activating group) is 1. The van der Waals surface area contributed by atoms with Gasteiger partial charge in [-0.05, 0) is 20.9 Å². The van der Waals surface area contributed by atoms with Gasteiger partial charge < -0.3 is 10.2 Å². The van der Waals surface area contributed by atoms with Crippen LogP contribution in [0.2, 0.25) is 5.02 Å². The minimum absolute atomic E-state index is 0.232. The molecule has 2 aromatic rings. The van der Waals surface area contributed by atoms with Gasteiger partial charge >= 0.3 is 5.69 Å². The maximum absolute atomic E-state index is 12.4. The van der Waals surface area contributed by atoms with E-state index in [1.807, 2.05) is 29.8 Å². The molecule has 1 saturated heterocycles. The highest BCUT2D eigenvalue weighted by Gasteiger charge is 2.35. The normalized spacial score (nSPS) is 23.8. The predicted molar refractivity (Wildman–Crippen MR) is 105 cm³/mol. The van der Waals surface area contributed by atoms with Crippen LogP contribution in [-0.4, -0.2) is 56.4 Å². The lowest BCUT2D eigenvalue weighted by Gasteiger charge is -2.43. The van der Waals surface area contributed by atoms with Crippen LogP contribution in [0.25, 0.3) is 11.0 Å². The Morgan fingerprint density at radius 3 is 2.83 bits per heavy atom. The number of halogens is 2. The van der Waals surface area contributed by atoms with Crippen molar-refractivity contribution in [2.45, 2.75) is 25.9 Å². The third-order valence-electron chi connectivity index (χ3n) is 5.00. The molecule has 2 aliphatic rings. The highest BCUT2D eigenvalue weighted by Crippen LogP contribution is 2.40. The molecular formula is C15H18ClIN6O. The second-order valence-electron chi connectivity index (χ2n) is 6.56. The van der Waals surface area contributed by atoms with Gasteiger partial charge in [0.25, 0.3) is 0 Å². The third-order valence-corrected chi connectivity index (χ3v) is 6.33. The quantitative estimate of drug-likeness (QED) is 0.606. The van der Waals surface area contributed by atoms with Crippen molar-refractivity contribution in [2.24, 2.45) is 0 Å². The van der Waals surface area contributed by atoms with E-state index in [1.54, 1.807) is 0 Å². The molecule has 4 rings (SSSR count). The van der Waals surface area contributed by atoms with E-state index in [2.05, 4.69) is 39.1 Å². The number of fused-ring (bicyclic) bond motifs is 2. The van der Waals surface area contributed by atoms with Crippen molar-refractivity contribution < 1.29 is 0 Å². The van der Waals surface area contributed by atoms with E-state index in [4.69, 9.17) is 11.6 Å². The first-order chi connectivity index (χ1) is 11.4. The van der Waals surface area contributed by atoms with Gasteiger partial charge in [-0.15, -0.1) is 0 Å². The van der Waals surface area contributed by atoms with Gasteiger partial charge in [0.2, 0.25) is 0 Å². The number of hydrogen-bond acceptors (Lipinski definition) is 6. The van der Waals surface area contributed by atoms with Crippen molar-refractivity contribution in [3.05, 3.63) is 21.2 Å². The molecule has 0 radical (unpaired) electrons. The zero-order valence-electron chi connectivity index (χ0n) is 13.7. The van der Waals surface area contributed by atoms with Crippen LogP contribution in [0.4, 0.5) is 11.5 Å². The number of nitrogens with one attached hydrogen (secondary N) is 1. The molecule has 0 spiro atoms. The number of rotatable bonds is 0. The molecule has 0 bridgehead atoms. The van der Waals surface area contributed by atoms with Crippen LogP contribution in [0.5, 0.6) is 0 Å². The Morgan fingerprint density at radius 2 is 2.08 bits per heavy atom. The average molecular weight is 461 g/mol. The maximum atomic E-state index is 12.4. The topological polar surface area (TPSA) is 66.3 Å². The van der Waals surface area contributed by atoms with Crippen molar-refractivity contribution in [3.63, 3.8) is 0 Å². The number of hydrogen-bond donors (Lipinski definition) is 1. The van der Waals surface area contributed by atoms with Crippen LogP contribution in [0.1, 0.15) is 12.6 Å². The second kappa shape index (κ2) is 5.70. The van der Waals surface area contributed by atoms with Crippen LogP contribution in [0.15, 0.2) is 4.79 Å². The molecule has 128 valence electrons. The van der Waals surface area contributed by atoms with Crippen LogP contribution in [0, 0.1) is 6.92 Å². The molecule has 0 saturated carbocycles. The summed E-state index contributed by atoms with van der Waals surface area (Å²) in [5.41, 5.74) is 1.85. The van der Waals surface area contributed by atoms with Gasteiger partial charge in [-0.2, -0.15) is 4.98 Å². The minimum atomic E-state index is -0.300.